The number of rotatable bonds is 7. The van der Waals surface area contributed by atoms with Gasteiger partial charge in [0.1, 0.15) is 5.75 Å². The van der Waals surface area contributed by atoms with E-state index in [1.165, 1.54) is 19.3 Å². The van der Waals surface area contributed by atoms with Gasteiger partial charge in [-0.2, -0.15) is 11.8 Å². The quantitative estimate of drug-likeness (QED) is 0.460. The van der Waals surface area contributed by atoms with Gasteiger partial charge in [-0.15, -0.1) is 0 Å². The number of guanidine groups is 1. The summed E-state index contributed by atoms with van der Waals surface area (Å²) in [5, 5.41) is 7.69. The van der Waals surface area contributed by atoms with E-state index in [4.69, 9.17) is 4.74 Å². The third-order valence-electron chi connectivity index (χ3n) is 3.91. The van der Waals surface area contributed by atoms with E-state index in [0.29, 0.717) is 12.6 Å². The predicted octanol–water partition coefficient (Wildman–Crippen LogP) is 2.90. The van der Waals surface area contributed by atoms with Crippen LogP contribution in [0.5, 0.6) is 5.75 Å². The molecule has 0 amide bonds. The van der Waals surface area contributed by atoms with Gasteiger partial charge in [-0.3, -0.25) is 4.99 Å². The number of benzene rings is 1. The molecule has 1 aliphatic rings. The molecule has 0 bridgehead atoms. The molecule has 0 spiro atoms. The van der Waals surface area contributed by atoms with Gasteiger partial charge in [-0.25, -0.2) is 0 Å². The minimum Gasteiger partial charge on any atom is -0.494 e. The molecule has 2 N–H and O–H groups in total. The number of nitrogens with zero attached hydrogens (tertiary/aromatic N) is 1. The lowest BCUT2D eigenvalue weighted by Crippen LogP contribution is -2.43. The molecule has 1 aliphatic carbocycles. The Labute approximate surface area is 138 Å². The maximum absolute atomic E-state index is 5.68. The zero-order valence-corrected chi connectivity index (χ0v) is 14.4. The zero-order chi connectivity index (χ0) is 15.6. The zero-order valence-electron chi connectivity index (χ0n) is 13.5. The number of hydrogen-bond donors (Lipinski definition) is 2. The lowest BCUT2D eigenvalue weighted by molar-refractivity contribution is 0.311. The van der Waals surface area contributed by atoms with Gasteiger partial charge in [0.25, 0.3) is 0 Å². The standard InChI is InChI=1S/C17H27N3OS/c1-18-17(20-14-9-10-16(13-14)22-2)19-11-6-12-21-15-7-4-3-5-8-15/h3-5,7-8,14,16H,6,9-13H2,1-2H3,(H2,18,19,20). The predicted molar refractivity (Wildman–Crippen MR) is 96.0 cm³/mol. The van der Waals surface area contributed by atoms with E-state index in [1.807, 2.05) is 49.1 Å². The van der Waals surface area contributed by atoms with Crippen molar-refractivity contribution in [1.82, 2.24) is 10.6 Å². The van der Waals surface area contributed by atoms with Gasteiger partial charge in [0.2, 0.25) is 0 Å². The molecular formula is C17H27N3OS. The Kier molecular flexibility index (Phi) is 7.43. The monoisotopic (exact) mass is 321 g/mol. The maximum Gasteiger partial charge on any atom is 0.191 e. The molecule has 1 aromatic carbocycles. The van der Waals surface area contributed by atoms with E-state index >= 15 is 0 Å². The normalized spacial score (nSPS) is 21.6. The fourth-order valence-electron chi connectivity index (χ4n) is 2.66. The smallest absolute Gasteiger partial charge is 0.191 e. The highest BCUT2D eigenvalue weighted by Gasteiger charge is 2.24. The van der Waals surface area contributed by atoms with Crippen molar-refractivity contribution in [2.75, 3.05) is 26.5 Å². The molecule has 1 aromatic rings. The van der Waals surface area contributed by atoms with E-state index in [0.717, 1.165) is 29.9 Å². The van der Waals surface area contributed by atoms with Crippen LogP contribution >= 0.6 is 11.8 Å². The second-order valence-electron chi connectivity index (χ2n) is 5.53. The lowest BCUT2D eigenvalue weighted by Gasteiger charge is -2.17. The van der Waals surface area contributed by atoms with Crippen molar-refractivity contribution < 1.29 is 4.74 Å². The third kappa shape index (κ3) is 5.79. The van der Waals surface area contributed by atoms with Crippen molar-refractivity contribution in [2.45, 2.75) is 37.0 Å². The molecule has 0 heterocycles. The van der Waals surface area contributed by atoms with E-state index in [9.17, 15) is 0 Å². The van der Waals surface area contributed by atoms with Crippen LogP contribution in [0.15, 0.2) is 35.3 Å². The molecule has 2 unspecified atom stereocenters. The first-order chi connectivity index (χ1) is 10.8. The highest BCUT2D eigenvalue weighted by molar-refractivity contribution is 7.99. The van der Waals surface area contributed by atoms with Gasteiger partial charge in [-0.1, -0.05) is 18.2 Å². The summed E-state index contributed by atoms with van der Waals surface area (Å²) in [6.45, 7) is 1.58. The largest absolute Gasteiger partial charge is 0.494 e. The number of ether oxygens (including phenoxy) is 1. The SMILES string of the molecule is CN=C(NCCCOc1ccccc1)NC1CCC(SC)C1. The minimum atomic E-state index is 0.559. The Morgan fingerprint density at radius 1 is 1.32 bits per heavy atom. The summed E-state index contributed by atoms with van der Waals surface area (Å²) >= 11 is 1.98. The Bertz CT molecular complexity index is 452. The van der Waals surface area contributed by atoms with Crippen molar-refractivity contribution in [1.29, 1.82) is 0 Å². The van der Waals surface area contributed by atoms with Crippen LogP contribution in [0.2, 0.25) is 0 Å². The average molecular weight is 321 g/mol. The third-order valence-corrected chi connectivity index (χ3v) is 5.00. The highest BCUT2D eigenvalue weighted by Crippen LogP contribution is 2.27. The van der Waals surface area contributed by atoms with E-state index < -0.39 is 0 Å². The second kappa shape index (κ2) is 9.62. The van der Waals surface area contributed by atoms with Crippen LogP contribution in [-0.4, -0.2) is 43.7 Å². The number of aliphatic imine (C=N–C) groups is 1. The summed E-state index contributed by atoms with van der Waals surface area (Å²) in [4.78, 5) is 4.31. The van der Waals surface area contributed by atoms with Gasteiger partial charge in [-0.05, 0) is 44.1 Å². The molecule has 0 aliphatic heterocycles. The first kappa shape index (κ1) is 17.0. The van der Waals surface area contributed by atoms with Crippen molar-refractivity contribution in [3.05, 3.63) is 30.3 Å². The first-order valence-corrected chi connectivity index (χ1v) is 9.28. The van der Waals surface area contributed by atoms with Gasteiger partial charge < -0.3 is 15.4 Å². The van der Waals surface area contributed by atoms with Gasteiger partial charge in [0.05, 0.1) is 6.61 Å². The molecule has 122 valence electrons. The summed E-state index contributed by atoms with van der Waals surface area (Å²) in [5.41, 5.74) is 0. The molecule has 5 heteroatoms. The van der Waals surface area contributed by atoms with E-state index in [2.05, 4.69) is 21.9 Å². The fourth-order valence-corrected chi connectivity index (χ4v) is 3.46. The molecule has 4 nitrogen and oxygen atoms in total. The number of nitrogens with one attached hydrogen (secondary N) is 2. The van der Waals surface area contributed by atoms with Crippen molar-refractivity contribution >= 4 is 17.7 Å². The van der Waals surface area contributed by atoms with Crippen LogP contribution in [0.3, 0.4) is 0 Å². The molecule has 0 radical (unpaired) electrons. The Morgan fingerprint density at radius 2 is 2.14 bits per heavy atom. The molecule has 22 heavy (non-hydrogen) atoms. The van der Waals surface area contributed by atoms with Crippen molar-refractivity contribution in [3.8, 4) is 5.75 Å². The van der Waals surface area contributed by atoms with Gasteiger partial charge in [0, 0.05) is 24.9 Å². The number of hydrogen-bond acceptors (Lipinski definition) is 3. The Hall–Kier alpha value is -1.36. The van der Waals surface area contributed by atoms with Gasteiger partial charge >= 0.3 is 0 Å². The summed E-state index contributed by atoms with van der Waals surface area (Å²) in [6, 6.07) is 10.5. The summed E-state index contributed by atoms with van der Waals surface area (Å²) in [7, 11) is 1.83. The Balaban J connectivity index is 1.59. The van der Waals surface area contributed by atoms with E-state index in [-0.39, 0.29) is 0 Å². The van der Waals surface area contributed by atoms with Crippen LogP contribution < -0.4 is 15.4 Å². The first-order valence-electron chi connectivity index (χ1n) is 7.99. The van der Waals surface area contributed by atoms with E-state index in [1.54, 1.807) is 0 Å². The molecule has 0 saturated heterocycles. The number of thioether (sulfide) groups is 1. The van der Waals surface area contributed by atoms with Crippen LogP contribution in [-0.2, 0) is 0 Å². The van der Waals surface area contributed by atoms with Crippen LogP contribution in [0.1, 0.15) is 25.7 Å². The maximum atomic E-state index is 5.68. The highest BCUT2D eigenvalue weighted by atomic mass is 32.2. The Morgan fingerprint density at radius 3 is 2.82 bits per heavy atom. The van der Waals surface area contributed by atoms with Crippen LogP contribution in [0.25, 0.3) is 0 Å². The topological polar surface area (TPSA) is 45.7 Å². The molecular weight excluding hydrogens is 294 g/mol. The van der Waals surface area contributed by atoms with Crippen LogP contribution in [0, 0.1) is 0 Å². The average Bonchev–Trinajstić information content (AvgIpc) is 3.02. The van der Waals surface area contributed by atoms with Gasteiger partial charge in [0.15, 0.2) is 5.96 Å². The lowest BCUT2D eigenvalue weighted by atomic mass is 10.2. The van der Waals surface area contributed by atoms with Crippen molar-refractivity contribution in [2.24, 2.45) is 4.99 Å². The fraction of sp³-hybridized carbons (Fsp3) is 0.588. The van der Waals surface area contributed by atoms with Crippen LogP contribution in [0.4, 0.5) is 0 Å². The summed E-state index contributed by atoms with van der Waals surface area (Å²) in [5.74, 6) is 1.84. The molecule has 0 aromatic heterocycles. The molecule has 1 fully saturated rings. The minimum absolute atomic E-state index is 0.559. The molecule has 2 atom stereocenters. The molecule has 2 rings (SSSR count). The summed E-state index contributed by atoms with van der Waals surface area (Å²) < 4.78 is 5.68. The molecule has 1 saturated carbocycles. The summed E-state index contributed by atoms with van der Waals surface area (Å²) in [6.07, 6.45) is 6.93. The van der Waals surface area contributed by atoms with Crippen molar-refractivity contribution in [3.63, 3.8) is 0 Å². The second-order valence-corrected chi connectivity index (χ2v) is 6.66. The number of para-hydroxylation sites is 1.